The van der Waals surface area contributed by atoms with Gasteiger partial charge < -0.3 is 14.2 Å². The van der Waals surface area contributed by atoms with Gasteiger partial charge in [0, 0.05) is 6.07 Å². The molecule has 0 spiro atoms. The van der Waals surface area contributed by atoms with Crippen molar-refractivity contribution in [3.05, 3.63) is 82.7 Å². The maximum Gasteiger partial charge on any atom is 0.292 e. The molecule has 8 nitrogen and oxygen atoms in total. The summed E-state index contributed by atoms with van der Waals surface area (Å²) in [7, 11) is 0. The van der Waals surface area contributed by atoms with Crippen LogP contribution in [0.15, 0.2) is 69.9 Å². The second kappa shape index (κ2) is 8.13. The molecular weight excluding hydrogens is 338 g/mol. The van der Waals surface area contributed by atoms with E-state index in [4.69, 9.17) is 8.83 Å². The number of rotatable bonds is 8. The van der Waals surface area contributed by atoms with E-state index in [1.807, 2.05) is 17.0 Å². The molecule has 134 valence electrons. The van der Waals surface area contributed by atoms with Gasteiger partial charge in [-0.05, 0) is 30.3 Å². The van der Waals surface area contributed by atoms with Crippen LogP contribution < -0.4 is 5.32 Å². The van der Waals surface area contributed by atoms with Crippen molar-refractivity contribution in [2.45, 2.75) is 13.1 Å². The van der Waals surface area contributed by atoms with E-state index >= 15 is 0 Å². The lowest BCUT2D eigenvalue weighted by Gasteiger charge is -2.19. The third-order valence-electron chi connectivity index (χ3n) is 3.66. The Morgan fingerprint density at radius 3 is 2.15 bits per heavy atom. The average Bonchev–Trinajstić information content (AvgIpc) is 3.29. The van der Waals surface area contributed by atoms with E-state index in [0.717, 1.165) is 0 Å². The smallest absolute Gasteiger partial charge is 0.292 e. The predicted octanol–water partition coefficient (Wildman–Crippen LogP) is 3.42. The molecule has 1 N–H and O–H groups in total. The molecule has 1 amide bonds. The number of nitro benzene ring substituents is 1. The highest BCUT2D eigenvalue weighted by atomic mass is 16.6. The first-order valence-electron chi connectivity index (χ1n) is 7.92. The van der Waals surface area contributed by atoms with Gasteiger partial charge in [-0.15, -0.1) is 0 Å². The molecule has 8 heteroatoms. The van der Waals surface area contributed by atoms with Gasteiger partial charge in [0.2, 0.25) is 5.91 Å². The first-order chi connectivity index (χ1) is 12.6. The third kappa shape index (κ3) is 4.58. The minimum atomic E-state index is -0.529. The second-order valence-corrected chi connectivity index (χ2v) is 5.63. The first kappa shape index (κ1) is 17.4. The molecule has 0 radical (unpaired) electrons. The summed E-state index contributed by atoms with van der Waals surface area (Å²) in [6.07, 6.45) is 3.13. The van der Waals surface area contributed by atoms with E-state index in [0.29, 0.717) is 24.6 Å². The van der Waals surface area contributed by atoms with Gasteiger partial charge in [-0.2, -0.15) is 0 Å². The van der Waals surface area contributed by atoms with Crippen molar-refractivity contribution in [2.75, 3.05) is 11.9 Å². The van der Waals surface area contributed by atoms with Crippen molar-refractivity contribution < 1.29 is 18.6 Å². The zero-order chi connectivity index (χ0) is 18.4. The number of anilines is 1. The number of nitro groups is 1. The maximum absolute atomic E-state index is 12.4. The number of hydrogen-bond acceptors (Lipinski definition) is 6. The monoisotopic (exact) mass is 355 g/mol. The maximum atomic E-state index is 12.4. The minimum Gasteiger partial charge on any atom is -0.468 e. The Morgan fingerprint density at radius 1 is 1.00 bits per heavy atom. The molecule has 0 atom stereocenters. The molecular formula is C18H17N3O5. The lowest BCUT2D eigenvalue weighted by molar-refractivity contribution is -0.383. The van der Waals surface area contributed by atoms with Crippen LogP contribution >= 0.6 is 0 Å². The molecule has 0 aliphatic carbocycles. The van der Waals surface area contributed by atoms with Gasteiger partial charge in [-0.25, -0.2) is 0 Å². The molecule has 0 saturated carbocycles. The van der Waals surface area contributed by atoms with Crippen LogP contribution in [0.1, 0.15) is 11.5 Å². The molecule has 2 aromatic heterocycles. The van der Waals surface area contributed by atoms with E-state index in [9.17, 15) is 14.9 Å². The van der Waals surface area contributed by atoms with Crippen LogP contribution in [0.3, 0.4) is 0 Å². The number of para-hydroxylation sites is 2. The number of benzene rings is 1. The summed E-state index contributed by atoms with van der Waals surface area (Å²) >= 11 is 0. The van der Waals surface area contributed by atoms with E-state index in [-0.39, 0.29) is 23.8 Å². The third-order valence-corrected chi connectivity index (χ3v) is 3.66. The quantitative estimate of drug-likeness (QED) is 0.491. The molecule has 0 saturated heterocycles. The van der Waals surface area contributed by atoms with Gasteiger partial charge in [0.05, 0.1) is 37.1 Å². The first-order valence-corrected chi connectivity index (χ1v) is 7.92. The molecule has 0 fully saturated rings. The summed E-state index contributed by atoms with van der Waals surface area (Å²) in [5.74, 6) is 1.04. The Morgan fingerprint density at radius 2 is 1.62 bits per heavy atom. The largest absolute Gasteiger partial charge is 0.468 e. The van der Waals surface area contributed by atoms with Crippen LogP contribution in [0.25, 0.3) is 0 Å². The fourth-order valence-corrected chi connectivity index (χ4v) is 2.54. The number of carbonyl (C=O) groups excluding carboxylic acids is 1. The van der Waals surface area contributed by atoms with Crippen molar-refractivity contribution in [3.63, 3.8) is 0 Å². The molecule has 3 rings (SSSR count). The normalized spacial score (nSPS) is 10.8. The average molecular weight is 355 g/mol. The Balaban J connectivity index is 1.69. The molecule has 26 heavy (non-hydrogen) atoms. The van der Waals surface area contributed by atoms with Crippen molar-refractivity contribution in [2.24, 2.45) is 0 Å². The summed E-state index contributed by atoms with van der Waals surface area (Å²) in [5.41, 5.74) is 0.0166. The number of carbonyl (C=O) groups is 1. The van der Waals surface area contributed by atoms with Crippen molar-refractivity contribution in [1.29, 1.82) is 0 Å². The van der Waals surface area contributed by atoms with Gasteiger partial charge in [0.1, 0.15) is 17.2 Å². The topological polar surface area (TPSA) is 102 Å². The zero-order valence-electron chi connectivity index (χ0n) is 13.8. The number of nitrogens with zero attached hydrogens (tertiary/aromatic N) is 2. The number of nitrogens with one attached hydrogen (secondary N) is 1. The van der Waals surface area contributed by atoms with Gasteiger partial charge in [-0.3, -0.25) is 19.8 Å². The molecule has 1 aromatic carbocycles. The summed E-state index contributed by atoms with van der Waals surface area (Å²) in [4.78, 5) is 24.8. The Kier molecular flexibility index (Phi) is 5.45. The molecule has 2 heterocycles. The van der Waals surface area contributed by atoms with E-state index in [2.05, 4.69) is 5.32 Å². The summed E-state index contributed by atoms with van der Waals surface area (Å²) in [5, 5.41) is 13.7. The highest BCUT2D eigenvalue weighted by Gasteiger charge is 2.18. The van der Waals surface area contributed by atoms with E-state index in [1.54, 1.807) is 36.8 Å². The lowest BCUT2D eigenvalue weighted by Crippen LogP contribution is -2.32. The van der Waals surface area contributed by atoms with Crippen LogP contribution in [0.2, 0.25) is 0 Å². The fourth-order valence-electron chi connectivity index (χ4n) is 2.54. The van der Waals surface area contributed by atoms with Crippen LogP contribution in [0.4, 0.5) is 11.4 Å². The number of furan rings is 2. The lowest BCUT2D eigenvalue weighted by atomic mass is 10.2. The SMILES string of the molecule is O=C(CN(Cc1ccco1)Cc1ccco1)Nc1ccccc1[N+](=O)[O-]. The Hall–Kier alpha value is -3.39. The zero-order valence-corrected chi connectivity index (χ0v) is 13.8. The van der Waals surface area contributed by atoms with Gasteiger partial charge in [0.15, 0.2) is 0 Å². The van der Waals surface area contributed by atoms with Crippen LogP contribution in [0.5, 0.6) is 0 Å². The second-order valence-electron chi connectivity index (χ2n) is 5.63. The molecule has 0 aliphatic rings. The highest BCUT2D eigenvalue weighted by Crippen LogP contribution is 2.23. The highest BCUT2D eigenvalue weighted by molar-refractivity contribution is 5.94. The molecule has 3 aromatic rings. The predicted molar refractivity (Wildman–Crippen MR) is 93.3 cm³/mol. The van der Waals surface area contributed by atoms with Gasteiger partial charge in [-0.1, -0.05) is 12.1 Å². The minimum absolute atomic E-state index is 0.0213. The Labute approximate surface area is 149 Å². The summed E-state index contributed by atoms with van der Waals surface area (Å²) in [6, 6.07) is 13.2. The van der Waals surface area contributed by atoms with Crippen molar-refractivity contribution >= 4 is 17.3 Å². The molecule has 0 unspecified atom stereocenters. The Bertz CT molecular complexity index is 823. The van der Waals surface area contributed by atoms with Crippen LogP contribution in [-0.4, -0.2) is 22.3 Å². The van der Waals surface area contributed by atoms with Gasteiger partial charge >= 0.3 is 0 Å². The van der Waals surface area contributed by atoms with Crippen LogP contribution in [0, 0.1) is 10.1 Å². The molecule has 0 aliphatic heterocycles. The molecule has 0 bridgehead atoms. The van der Waals surface area contributed by atoms with Gasteiger partial charge in [0.25, 0.3) is 5.69 Å². The number of amides is 1. The fraction of sp³-hybridized carbons (Fsp3) is 0.167. The van der Waals surface area contributed by atoms with E-state index in [1.165, 1.54) is 12.1 Å². The summed E-state index contributed by atoms with van der Waals surface area (Å²) < 4.78 is 10.7. The van der Waals surface area contributed by atoms with Crippen molar-refractivity contribution in [1.82, 2.24) is 4.90 Å². The standard InChI is InChI=1S/C18H17N3O5/c22-18(19-16-7-1-2-8-17(16)21(23)24)13-20(11-14-5-3-9-25-14)12-15-6-4-10-26-15/h1-10H,11-13H2,(H,19,22). The number of hydrogen-bond donors (Lipinski definition) is 1. The van der Waals surface area contributed by atoms with Crippen LogP contribution in [-0.2, 0) is 17.9 Å². The summed E-state index contributed by atoms with van der Waals surface area (Å²) in [6.45, 7) is 0.823. The van der Waals surface area contributed by atoms with Crippen molar-refractivity contribution in [3.8, 4) is 0 Å². The van der Waals surface area contributed by atoms with E-state index < -0.39 is 4.92 Å².